The SMILES string of the molecule is CC1CCC(NC(=O)COC(=O)c2cc([N+](=O)[O-])ccc2NCCO)CC1. The van der Waals surface area contributed by atoms with E-state index in [9.17, 15) is 19.7 Å². The van der Waals surface area contributed by atoms with Crippen LogP contribution in [0.25, 0.3) is 0 Å². The van der Waals surface area contributed by atoms with Crippen LogP contribution in [0.15, 0.2) is 18.2 Å². The monoisotopic (exact) mass is 379 g/mol. The van der Waals surface area contributed by atoms with Crippen LogP contribution in [0, 0.1) is 16.0 Å². The zero-order chi connectivity index (χ0) is 19.8. The van der Waals surface area contributed by atoms with Gasteiger partial charge in [-0.15, -0.1) is 0 Å². The summed E-state index contributed by atoms with van der Waals surface area (Å²) < 4.78 is 5.03. The summed E-state index contributed by atoms with van der Waals surface area (Å²) in [5.74, 6) is -0.570. The van der Waals surface area contributed by atoms with E-state index in [0.717, 1.165) is 31.7 Å². The van der Waals surface area contributed by atoms with E-state index in [-0.39, 0.29) is 30.4 Å². The van der Waals surface area contributed by atoms with Gasteiger partial charge in [-0.1, -0.05) is 6.92 Å². The summed E-state index contributed by atoms with van der Waals surface area (Å²) in [6.07, 6.45) is 3.92. The Hall–Kier alpha value is -2.68. The van der Waals surface area contributed by atoms with Gasteiger partial charge >= 0.3 is 5.97 Å². The number of carbonyl (C=O) groups is 2. The van der Waals surface area contributed by atoms with Gasteiger partial charge in [0.1, 0.15) is 0 Å². The number of nitrogens with one attached hydrogen (secondary N) is 2. The number of amides is 1. The van der Waals surface area contributed by atoms with E-state index in [0.29, 0.717) is 11.6 Å². The first-order valence-electron chi connectivity index (χ1n) is 9.00. The highest BCUT2D eigenvalue weighted by atomic mass is 16.6. The van der Waals surface area contributed by atoms with Crippen LogP contribution in [0.4, 0.5) is 11.4 Å². The number of aliphatic hydroxyl groups excluding tert-OH is 1. The maximum atomic E-state index is 12.3. The van der Waals surface area contributed by atoms with Gasteiger partial charge in [0.15, 0.2) is 6.61 Å². The van der Waals surface area contributed by atoms with Gasteiger partial charge in [0.05, 0.1) is 17.1 Å². The maximum absolute atomic E-state index is 12.3. The first kappa shape index (κ1) is 20.6. The third kappa shape index (κ3) is 6.21. The minimum Gasteiger partial charge on any atom is -0.452 e. The van der Waals surface area contributed by atoms with Gasteiger partial charge in [-0.3, -0.25) is 14.9 Å². The second kappa shape index (κ2) is 9.86. The first-order chi connectivity index (χ1) is 12.9. The molecule has 2 rings (SSSR count). The summed E-state index contributed by atoms with van der Waals surface area (Å²) in [6.45, 7) is 1.72. The molecule has 148 valence electrons. The standard InChI is InChI=1S/C18H25N3O6/c1-12-2-4-13(5-3-12)20-17(23)11-27-18(24)15-10-14(21(25)26)6-7-16(15)19-8-9-22/h6-7,10,12-13,19,22H,2-5,8-9,11H2,1H3,(H,20,23). The molecule has 0 atom stereocenters. The van der Waals surface area contributed by atoms with Gasteiger partial charge in [0.25, 0.3) is 11.6 Å². The third-order valence-corrected chi connectivity index (χ3v) is 4.58. The van der Waals surface area contributed by atoms with Crippen molar-refractivity contribution >= 4 is 23.3 Å². The van der Waals surface area contributed by atoms with Gasteiger partial charge in [-0.05, 0) is 37.7 Å². The molecule has 0 aliphatic heterocycles. The molecule has 3 N–H and O–H groups in total. The third-order valence-electron chi connectivity index (χ3n) is 4.58. The molecule has 0 radical (unpaired) electrons. The number of hydrogen-bond acceptors (Lipinski definition) is 7. The lowest BCUT2D eigenvalue weighted by atomic mass is 9.87. The average molecular weight is 379 g/mol. The van der Waals surface area contributed by atoms with E-state index < -0.39 is 23.4 Å². The topological polar surface area (TPSA) is 131 Å². The molecule has 0 unspecified atom stereocenters. The quantitative estimate of drug-likeness (QED) is 0.357. The van der Waals surface area contributed by atoms with Gasteiger partial charge in [0.2, 0.25) is 0 Å². The first-order valence-corrected chi connectivity index (χ1v) is 9.00. The lowest BCUT2D eigenvalue weighted by Gasteiger charge is -2.26. The second-order valence-electron chi connectivity index (χ2n) is 6.74. The Bertz CT molecular complexity index is 686. The fourth-order valence-corrected chi connectivity index (χ4v) is 3.04. The van der Waals surface area contributed by atoms with E-state index >= 15 is 0 Å². The molecule has 1 aromatic carbocycles. The molecule has 1 fully saturated rings. The minimum absolute atomic E-state index is 0.0584. The van der Waals surface area contributed by atoms with Gasteiger partial charge in [0, 0.05) is 30.4 Å². The molecule has 0 heterocycles. The molecule has 1 saturated carbocycles. The van der Waals surface area contributed by atoms with Crippen molar-refractivity contribution in [3.63, 3.8) is 0 Å². The number of nitrogens with zero attached hydrogens (tertiary/aromatic N) is 1. The van der Waals surface area contributed by atoms with Gasteiger partial charge in [-0.25, -0.2) is 4.79 Å². The molecular weight excluding hydrogens is 354 g/mol. The number of esters is 1. The van der Waals surface area contributed by atoms with Gasteiger partial charge < -0.3 is 20.5 Å². The van der Waals surface area contributed by atoms with Crippen molar-refractivity contribution in [1.29, 1.82) is 0 Å². The van der Waals surface area contributed by atoms with Crippen molar-refractivity contribution in [3.8, 4) is 0 Å². The van der Waals surface area contributed by atoms with Crippen molar-refractivity contribution in [1.82, 2.24) is 5.32 Å². The number of nitro groups is 1. The van der Waals surface area contributed by atoms with Crippen molar-refractivity contribution in [2.75, 3.05) is 25.1 Å². The van der Waals surface area contributed by atoms with Crippen LogP contribution in [0.5, 0.6) is 0 Å². The number of anilines is 1. The Labute approximate surface area is 157 Å². The molecule has 0 bridgehead atoms. The fourth-order valence-electron chi connectivity index (χ4n) is 3.04. The molecule has 1 aliphatic carbocycles. The Morgan fingerprint density at radius 2 is 2.00 bits per heavy atom. The molecule has 1 aromatic rings. The lowest BCUT2D eigenvalue weighted by Crippen LogP contribution is -2.39. The number of nitro benzene ring substituents is 1. The van der Waals surface area contributed by atoms with Crippen LogP contribution in [-0.4, -0.2) is 47.7 Å². The summed E-state index contributed by atoms with van der Waals surface area (Å²) >= 11 is 0. The summed E-state index contributed by atoms with van der Waals surface area (Å²) in [5.41, 5.74) is -0.0319. The van der Waals surface area contributed by atoms with Crippen LogP contribution in [-0.2, 0) is 9.53 Å². The zero-order valence-electron chi connectivity index (χ0n) is 15.3. The summed E-state index contributed by atoms with van der Waals surface area (Å²) in [7, 11) is 0. The van der Waals surface area contributed by atoms with E-state index in [4.69, 9.17) is 9.84 Å². The van der Waals surface area contributed by atoms with Crippen LogP contribution < -0.4 is 10.6 Å². The van der Waals surface area contributed by atoms with E-state index in [1.165, 1.54) is 12.1 Å². The largest absolute Gasteiger partial charge is 0.452 e. The summed E-state index contributed by atoms with van der Waals surface area (Å²) in [6, 6.07) is 3.79. The highest BCUT2D eigenvalue weighted by molar-refractivity contribution is 5.97. The Morgan fingerprint density at radius 3 is 2.63 bits per heavy atom. The molecule has 0 aromatic heterocycles. The molecular formula is C18H25N3O6. The average Bonchev–Trinajstić information content (AvgIpc) is 2.66. The van der Waals surface area contributed by atoms with Crippen molar-refractivity contribution in [2.45, 2.75) is 38.6 Å². The van der Waals surface area contributed by atoms with Gasteiger partial charge in [-0.2, -0.15) is 0 Å². The number of carbonyl (C=O) groups excluding carboxylic acids is 2. The van der Waals surface area contributed by atoms with E-state index in [2.05, 4.69) is 17.6 Å². The van der Waals surface area contributed by atoms with Crippen LogP contribution in [0.1, 0.15) is 43.0 Å². The predicted octanol–water partition coefficient (Wildman–Crippen LogP) is 1.85. The Balaban J connectivity index is 1.96. The molecule has 1 amide bonds. The summed E-state index contributed by atoms with van der Waals surface area (Å²) in [4.78, 5) is 34.7. The Kier molecular flexibility index (Phi) is 7.54. The van der Waals surface area contributed by atoms with Crippen molar-refractivity contribution in [2.24, 2.45) is 5.92 Å². The number of aliphatic hydroxyl groups is 1. The van der Waals surface area contributed by atoms with Crippen molar-refractivity contribution in [3.05, 3.63) is 33.9 Å². The minimum atomic E-state index is -0.841. The highest BCUT2D eigenvalue weighted by Gasteiger charge is 2.22. The maximum Gasteiger partial charge on any atom is 0.341 e. The van der Waals surface area contributed by atoms with Crippen LogP contribution >= 0.6 is 0 Å². The normalized spacial score (nSPS) is 19.2. The number of rotatable bonds is 8. The Morgan fingerprint density at radius 1 is 1.30 bits per heavy atom. The van der Waals surface area contributed by atoms with Crippen molar-refractivity contribution < 1.29 is 24.4 Å². The highest BCUT2D eigenvalue weighted by Crippen LogP contribution is 2.24. The summed E-state index contributed by atoms with van der Waals surface area (Å²) in [5, 5.41) is 25.5. The zero-order valence-corrected chi connectivity index (χ0v) is 15.3. The number of hydrogen-bond donors (Lipinski definition) is 3. The smallest absolute Gasteiger partial charge is 0.341 e. The molecule has 27 heavy (non-hydrogen) atoms. The molecule has 9 nitrogen and oxygen atoms in total. The van der Waals surface area contributed by atoms with E-state index in [1.54, 1.807) is 0 Å². The number of benzene rings is 1. The molecule has 0 spiro atoms. The van der Waals surface area contributed by atoms with E-state index in [1.807, 2.05) is 0 Å². The second-order valence-corrected chi connectivity index (χ2v) is 6.74. The molecule has 9 heteroatoms. The molecule has 1 aliphatic rings. The lowest BCUT2D eigenvalue weighted by molar-refractivity contribution is -0.384. The fraction of sp³-hybridized carbons (Fsp3) is 0.556. The molecule has 0 saturated heterocycles. The number of ether oxygens (including phenoxy) is 1. The van der Waals surface area contributed by atoms with Crippen LogP contribution in [0.3, 0.4) is 0 Å². The predicted molar refractivity (Wildman–Crippen MR) is 98.5 cm³/mol. The van der Waals surface area contributed by atoms with Crippen LogP contribution in [0.2, 0.25) is 0 Å². The number of non-ortho nitro benzene ring substituents is 1.